The van der Waals surface area contributed by atoms with E-state index >= 15 is 4.39 Å². The molecule has 2 aromatic heterocycles. The van der Waals surface area contributed by atoms with Crippen molar-refractivity contribution in [3.05, 3.63) is 84.2 Å². The smallest absolute Gasteiger partial charge is 0.264 e. The van der Waals surface area contributed by atoms with Crippen LogP contribution in [0.1, 0.15) is 45.4 Å². The first-order valence-electron chi connectivity index (χ1n) is 16.1. The fraction of sp³-hybridized carbons (Fsp3) is 0.361. The number of amides is 2. The molecule has 2 fully saturated rings. The molecule has 6 rings (SSSR count). The molecule has 0 aliphatic carbocycles. The number of aromatic nitrogens is 3. The lowest BCUT2D eigenvalue weighted by atomic mass is 9.94. The van der Waals surface area contributed by atoms with Crippen molar-refractivity contribution in [1.82, 2.24) is 29.1 Å². The molecule has 2 aliphatic rings. The van der Waals surface area contributed by atoms with Crippen LogP contribution in [0.3, 0.4) is 0 Å². The zero-order valence-corrected chi connectivity index (χ0v) is 27.4. The molecule has 2 amide bonds. The molecule has 0 saturated carbocycles. The normalized spacial score (nSPS) is 17.7. The SMILES string of the molecule is CC(=O)N1CCN(C(C)(C)/C=C(\C#N)C(=O)N2CCC[C@@H](c3nc(-c4ccc(Oc5ccccc5)cc4F)c4c(N)nccn34)C2)CC1. The minimum absolute atomic E-state index is 0.0448. The summed E-state index contributed by atoms with van der Waals surface area (Å²) in [6.45, 7) is 8.88. The number of hydrogen-bond acceptors (Lipinski definition) is 8. The summed E-state index contributed by atoms with van der Waals surface area (Å²) >= 11 is 0. The first-order valence-corrected chi connectivity index (χ1v) is 16.1. The molecule has 0 radical (unpaired) electrons. The molecule has 2 saturated heterocycles. The van der Waals surface area contributed by atoms with Crippen LogP contribution < -0.4 is 10.5 Å². The maximum absolute atomic E-state index is 15.7. The number of nitrogens with two attached hydrogens (primary N) is 1. The number of hydrogen-bond donors (Lipinski definition) is 1. The number of fused-ring (bicyclic) bond motifs is 1. The molecule has 48 heavy (non-hydrogen) atoms. The molecule has 1 atom stereocenters. The Morgan fingerprint density at radius 2 is 1.81 bits per heavy atom. The van der Waals surface area contributed by atoms with Crippen LogP contribution in [0.2, 0.25) is 0 Å². The fourth-order valence-electron chi connectivity index (χ4n) is 6.67. The van der Waals surface area contributed by atoms with Crippen molar-refractivity contribution in [3.63, 3.8) is 0 Å². The van der Waals surface area contributed by atoms with Gasteiger partial charge in [-0.1, -0.05) is 18.2 Å². The highest BCUT2D eigenvalue weighted by atomic mass is 19.1. The highest BCUT2D eigenvalue weighted by Crippen LogP contribution is 2.36. The lowest BCUT2D eigenvalue weighted by Crippen LogP contribution is -2.55. The molecule has 2 aliphatic heterocycles. The highest BCUT2D eigenvalue weighted by Gasteiger charge is 2.34. The molecule has 2 N–H and O–H groups in total. The van der Waals surface area contributed by atoms with Crippen LogP contribution in [0.25, 0.3) is 16.8 Å². The molecular formula is C36H39FN8O3. The first-order chi connectivity index (χ1) is 23.1. The van der Waals surface area contributed by atoms with Gasteiger partial charge in [-0.15, -0.1) is 0 Å². The molecule has 0 bridgehead atoms. The van der Waals surface area contributed by atoms with E-state index in [4.69, 9.17) is 15.5 Å². The number of nitrogen functional groups attached to an aromatic ring is 1. The summed E-state index contributed by atoms with van der Waals surface area (Å²) in [6.07, 6.45) is 6.51. The number of piperazine rings is 1. The summed E-state index contributed by atoms with van der Waals surface area (Å²) in [4.78, 5) is 40.5. The van der Waals surface area contributed by atoms with Crippen LogP contribution in [0.4, 0.5) is 10.2 Å². The third kappa shape index (κ3) is 6.59. The summed E-state index contributed by atoms with van der Waals surface area (Å²) in [5, 5.41) is 10.1. The van der Waals surface area contributed by atoms with Crippen molar-refractivity contribution >= 4 is 23.1 Å². The number of imidazole rings is 1. The van der Waals surface area contributed by atoms with Gasteiger partial charge in [0.1, 0.15) is 51.8 Å². The Morgan fingerprint density at radius 3 is 2.50 bits per heavy atom. The van der Waals surface area contributed by atoms with E-state index in [9.17, 15) is 14.9 Å². The average Bonchev–Trinajstić information content (AvgIpc) is 3.48. The van der Waals surface area contributed by atoms with Crippen LogP contribution in [-0.2, 0) is 9.59 Å². The molecule has 2 aromatic carbocycles. The number of carbonyl (C=O) groups is 2. The molecule has 0 spiro atoms. The van der Waals surface area contributed by atoms with Crippen LogP contribution >= 0.6 is 0 Å². The van der Waals surface area contributed by atoms with Gasteiger partial charge in [-0.05, 0) is 57.0 Å². The quantitative estimate of drug-likeness (QED) is 0.218. The first kappa shape index (κ1) is 32.7. The Balaban J connectivity index is 1.25. The van der Waals surface area contributed by atoms with Crippen LogP contribution in [0.15, 0.2) is 72.6 Å². The lowest BCUT2D eigenvalue weighted by molar-refractivity contribution is -0.131. The summed E-state index contributed by atoms with van der Waals surface area (Å²) < 4.78 is 23.3. The third-order valence-electron chi connectivity index (χ3n) is 9.25. The van der Waals surface area contributed by atoms with Crippen LogP contribution in [0, 0.1) is 17.1 Å². The number of carbonyl (C=O) groups excluding carboxylic acids is 2. The van der Waals surface area contributed by atoms with Gasteiger partial charge in [0, 0.05) is 81.7 Å². The molecule has 4 aromatic rings. The summed E-state index contributed by atoms with van der Waals surface area (Å²) in [7, 11) is 0. The number of nitriles is 1. The average molecular weight is 651 g/mol. The predicted molar refractivity (Wildman–Crippen MR) is 179 cm³/mol. The minimum Gasteiger partial charge on any atom is -0.457 e. The van der Waals surface area contributed by atoms with Gasteiger partial charge in [0.2, 0.25) is 5.91 Å². The Bertz CT molecular complexity index is 1910. The van der Waals surface area contributed by atoms with Gasteiger partial charge in [0.05, 0.1) is 0 Å². The number of benzene rings is 2. The monoisotopic (exact) mass is 650 g/mol. The molecular weight excluding hydrogens is 611 g/mol. The van der Waals surface area contributed by atoms with Gasteiger partial charge >= 0.3 is 0 Å². The number of halogens is 1. The van der Waals surface area contributed by atoms with Crippen molar-refractivity contribution in [2.24, 2.45) is 0 Å². The minimum atomic E-state index is -0.566. The zero-order valence-electron chi connectivity index (χ0n) is 27.4. The van der Waals surface area contributed by atoms with Crippen molar-refractivity contribution in [1.29, 1.82) is 5.26 Å². The third-order valence-corrected chi connectivity index (χ3v) is 9.25. The second kappa shape index (κ2) is 13.4. The summed E-state index contributed by atoms with van der Waals surface area (Å²) in [5.74, 6) is 0.788. The van der Waals surface area contributed by atoms with Crippen molar-refractivity contribution < 1.29 is 18.7 Å². The molecule has 11 nitrogen and oxygen atoms in total. The van der Waals surface area contributed by atoms with E-state index < -0.39 is 11.4 Å². The Labute approximate surface area is 279 Å². The van der Waals surface area contributed by atoms with Gasteiger partial charge in [-0.2, -0.15) is 5.26 Å². The Kier molecular flexibility index (Phi) is 9.15. The second-order valence-electron chi connectivity index (χ2n) is 12.8. The second-order valence-corrected chi connectivity index (χ2v) is 12.8. The van der Waals surface area contributed by atoms with E-state index in [-0.39, 0.29) is 34.7 Å². The van der Waals surface area contributed by atoms with E-state index in [2.05, 4.69) is 16.0 Å². The maximum Gasteiger partial charge on any atom is 0.264 e. The highest BCUT2D eigenvalue weighted by molar-refractivity contribution is 5.97. The standard InChI is InChI=1S/C36H39FN8O3/c1-24(46)42-16-18-44(19-17-42)36(2,3)21-26(22-38)35(47)43-14-7-8-25(23-43)34-41-31(32-33(39)40-13-15-45(32)34)29-12-11-28(20-30(29)37)48-27-9-5-4-6-10-27/h4-6,9-13,15,20-21,25H,7-8,14,16-19,23H2,1-3H3,(H2,39,40)/b26-21+/t25-/m1/s1. The number of anilines is 1. The van der Waals surface area contributed by atoms with Gasteiger partial charge in [-0.3, -0.25) is 18.9 Å². The molecule has 0 unspecified atom stereocenters. The summed E-state index contributed by atoms with van der Waals surface area (Å²) in [5.41, 5.74) is 6.95. The topological polar surface area (TPSA) is 133 Å². The van der Waals surface area contributed by atoms with Crippen LogP contribution in [0.5, 0.6) is 11.5 Å². The van der Waals surface area contributed by atoms with Crippen molar-refractivity contribution in [2.45, 2.75) is 45.1 Å². The van der Waals surface area contributed by atoms with Gasteiger partial charge < -0.3 is 20.3 Å². The molecule has 12 heteroatoms. The number of rotatable bonds is 7. The van der Waals surface area contributed by atoms with Crippen molar-refractivity contribution in [3.8, 4) is 28.8 Å². The number of likely N-dealkylation sites (tertiary alicyclic amines) is 1. The zero-order chi connectivity index (χ0) is 34.0. The van der Waals surface area contributed by atoms with Gasteiger partial charge in [0.25, 0.3) is 5.91 Å². The number of nitrogens with zero attached hydrogens (tertiary/aromatic N) is 7. The maximum atomic E-state index is 15.7. The number of para-hydroxylation sites is 1. The lowest BCUT2D eigenvalue weighted by Gasteiger charge is -2.42. The molecule has 4 heterocycles. The fourth-order valence-corrected chi connectivity index (χ4v) is 6.67. The largest absolute Gasteiger partial charge is 0.457 e. The Morgan fingerprint density at radius 1 is 1.06 bits per heavy atom. The van der Waals surface area contributed by atoms with E-state index in [1.807, 2.05) is 36.4 Å². The van der Waals surface area contributed by atoms with Crippen molar-refractivity contribution in [2.75, 3.05) is 45.0 Å². The van der Waals surface area contributed by atoms with E-state index in [0.717, 1.165) is 6.42 Å². The summed E-state index contributed by atoms with van der Waals surface area (Å²) in [6, 6.07) is 15.9. The Hall–Kier alpha value is -5.28. The molecule has 248 valence electrons. The van der Waals surface area contributed by atoms with E-state index in [1.54, 1.807) is 59.5 Å². The van der Waals surface area contributed by atoms with Crippen LogP contribution in [-0.4, -0.2) is 85.7 Å². The van der Waals surface area contributed by atoms with E-state index in [1.165, 1.54) is 6.07 Å². The number of piperidine rings is 1. The number of ether oxygens (including phenoxy) is 1. The van der Waals surface area contributed by atoms with E-state index in [0.29, 0.717) is 74.2 Å². The van der Waals surface area contributed by atoms with Gasteiger partial charge in [-0.25, -0.2) is 14.4 Å². The predicted octanol–water partition coefficient (Wildman–Crippen LogP) is 5.01. The van der Waals surface area contributed by atoms with Gasteiger partial charge in [0.15, 0.2) is 0 Å².